The molecule has 0 saturated heterocycles. The first-order chi connectivity index (χ1) is 3.18. The molecule has 44 valence electrons. The van der Waals surface area contributed by atoms with Gasteiger partial charge in [-0.3, -0.25) is 0 Å². The predicted molar refractivity (Wildman–Crippen MR) is 34.9 cm³/mol. The summed E-state index contributed by atoms with van der Waals surface area (Å²) in [6.07, 6.45) is 0.319. The van der Waals surface area contributed by atoms with E-state index >= 15 is 0 Å². The highest BCUT2D eigenvalue weighted by Gasteiger charge is 2.04. The summed E-state index contributed by atoms with van der Waals surface area (Å²) in [5.41, 5.74) is 0. The first-order valence-electron chi connectivity index (χ1n) is 2.35. The van der Waals surface area contributed by atoms with E-state index in [1.54, 1.807) is 7.11 Å². The fourth-order valence-corrected chi connectivity index (χ4v) is 0.403. The van der Waals surface area contributed by atoms with Crippen LogP contribution in [0.3, 0.4) is 0 Å². The third kappa shape index (κ3) is 3.06. The van der Waals surface area contributed by atoms with Crippen LogP contribution in [0, 0.1) is 0 Å². The highest BCUT2D eigenvalue weighted by atomic mass is 79.9. The van der Waals surface area contributed by atoms with Crippen LogP contribution in [0.15, 0.2) is 0 Å². The molecule has 0 aliphatic heterocycles. The van der Waals surface area contributed by atoms with Gasteiger partial charge in [-0.1, -0.05) is 22.9 Å². The molecule has 0 heterocycles. The molecular weight excluding hydrogens is 156 g/mol. The first kappa shape index (κ1) is 7.44. The van der Waals surface area contributed by atoms with Crippen molar-refractivity contribution in [1.82, 2.24) is 0 Å². The fraction of sp³-hybridized carbons (Fsp3) is 1.00. The van der Waals surface area contributed by atoms with Crippen LogP contribution >= 0.6 is 15.9 Å². The Morgan fingerprint density at radius 3 is 1.86 bits per heavy atom. The number of ether oxygens (including phenoxy) is 1. The third-order valence-corrected chi connectivity index (χ3v) is 1.76. The number of hydrogen-bond donors (Lipinski definition) is 0. The van der Waals surface area contributed by atoms with E-state index in [1.807, 2.05) is 6.92 Å². The molecule has 0 aromatic carbocycles. The van der Waals surface area contributed by atoms with Crippen LogP contribution in [0.25, 0.3) is 0 Å². The van der Waals surface area contributed by atoms with Gasteiger partial charge in [-0.05, 0) is 6.92 Å². The number of methoxy groups -OCH3 is 1. The average Bonchev–Trinajstić information content (AvgIpc) is 1.65. The van der Waals surface area contributed by atoms with E-state index in [4.69, 9.17) is 4.74 Å². The van der Waals surface area contributed by atoms with Gasteiger partial charge < -0.3 is 4.74 Å². The second-order valence-electron chi connectivity index (χ2n) is 1.62. The summed E-state index contributed by atoms with van der Waals surface area (Å²) < 4.78 is 4.96. The van der Waals surface area contributed by atoms with Crippen molar-refractivity contribution in [2.24, 2.45) is 0 Å². The van der Waals surface area contributed by atoms with Crippen LogP contribution in [-0.2, 0) is 4.74 Å². The molecule has 0 saturated carbocycles. The fourth-order valence-electron chi connectivity index (χ4n) is 0.188. The van der Waals surface area contributed by atoms with Gasteiger partial charge in [0.25, 0.3) is 0 Å². The molecule has 0 aromatic rings. The molecule has 0 spiro atoms. The zero-order valence-electron chi connectivity index (χ0n) is 4.94. The molecule has 0 rings (SSSR count). The maximum absolute atomic E-state index is 4.96. The van der Waals surface area contributed by atoms with Crippen molar-refractivity contribution in [1.29, 1.82) is 0 Å². The van der Waals surface area contributed by atoms with Crippen molar-refractivity contribution in [3.05, 3.63) is 0 Å². The van der Waals surface area contributed by atoms with Gasteiger partial charge in [0.15, 0.2) is 0 Å². The summed E-state index contributed by atoms with van der Waals surface area (Å²) in [5, 5.41) is 0. The van der Waals surface area contributed by atoms with Crippen molar-refractivity contribution < 1.29 is 4.74 Å². The highest BCUT2D eigenvalue weighted by molar-refractivity contribution is 9.09. The molecule has 0 radical (unpaired) electrons. The molecule has 0 amide bonds. The molecule has 2 atom stereocenters. The van der Waals surface area contributed by atoms with Gasteiger partial charge in [-0.15, -0.1) is 0 Å². The molecule has 1 nitrogen and oxygen atoms in total. The van der Waals surface area contributed by atoms with Crippen LogP contribution in [-0.4, -0.2) is 18.0 Å². The van der Waals surface area contributed by atoms with E-state index in [1.165, 1.54) is 0 Å². The SMILES string of the molecule is CO[C@H](C)[C@@H](C)Br. The molecule has 7 heavy (non-hydrogen) atoms. The minimum absolute atomic E-state index is 0.319. The summed E-state index contributed by atoms with van der Waals surface area (Å²) in [6.45, 7) is 4.09. The van der Waals surface area contributed by atoms with Crippen molar-refractivity contribution >= 4 is 15.9 Å². The zero-order chi connectivity index (χ0) is 5.86. The Morgan fingerprint density at radius 1 is 1.43 bits per heavy atom. The lowest BCUT2D eigenvalue weighted by molar-refractivity contribution is 0.121. The number of rotatable bonds is 2. The van der Waals surface area contributed by atoms with Gasteiger partial charge in [-0.25, -0.2) is 0 Å². The van der Waals surface area contributed by atoms with E-state index in [0.717, 1.165) is 0 Å². The van der Waals surface area contributed by atoms with Crippen LogP contribution in [0.5, 0.6) is 0 Å². The standard InChI is InChI=1S/C5H11BrO/c1-4(6)5(2)7-3/h4-5H,1-3H3/t4-,5-/m1/s1. The molecule has 2 heteroatoms. The monoisotopic (exact) mass is 166 g/mol. The third-order valence-electron chi connectivity index (χ3n) is 1.02. The molecule has 0 aliphatic carbocycles. The number of alkyl halides is 1. The Morgan fingerprint density at radius 2 is 1.86 bits per heavy atom. The number of halogens is 1. The lowest BCUT2D eigenvalue weighted by Gasteiger charge is -2.09. The predicted octanol–water partition coefficient (Wildman–Crippen LogP) is 1.80. The Bertz CT molecular complexity index is 45.3. The molecule has 0 unspecified atom stereocenters. The molecular formula is C5H11BrO. The lowest BCUT2D eigenvalue weighted by atomic mass is 10.3. The second-order valence-corrected chi connectivity index (χ2v) is 3.06. The topological polar surface area (TPSA) is 9.23 Å². The second kappa shape index (κ2) is 3.44. The Kier molecular flexibility index (Phi) is 3.66. The quantitative estimate of drug-likeness (QED) is 0.570. The van der Waals surface area contributed by atoms with Crippen LogP contribution in [0.1, 0.15) is 13.8 Å². The zero-order valence-corrected chi connectivity index (χ0v) is 6.53. The van der Waals surface area contributed by atoms with Gasteiger partial charge in [0.2, 0.25) is 0 Å². The van der Waals surface area contributed by atoms with Gasteiger partial charge in [0.1, 0.15) is 0 Å². The Hall–Kier alpha value is 0.440. The maximum atomic E-state index is 4.96. The van der Waals surface area contributed by atoms with Gasteiger partial charge in [0.05, 0.1) is 6.10 Å². The van der Waals surface area contributed by atoms with Crippen LogP contribution in [0.2, 0.25) is 0 Å². The number of hydrogen-bond acceptors (Lipinski definition) is 1. The summed E-state index contributed by atoms with van der Waals surface area (Å²) >= 11 is 3.37. The summed E-state index contributed by atoms with van der Waals surface area (Å²) in [5.74, 6) is 0. The molecule has 0 bridgehead atoms. The van der Waals surface area contributed by atoms with E-state index in [-0.39, 0.29) is 0 Å². The van der Waals surface area contributed by atoms with Gasteiger partial charge in [-0.2, -0.15) is 0 Å². The Balaban J connectivity index is 3.14. The van der Waals surface area contributed by atoms with Crippen LogP contribution < -0.4 is 0 Å². The van der Waals surface area contributed by atoms with Crippen molar-refractivity contribution in [2.75, 3.05) is 7.11 Å². The average molecular weight is 167 g/mol. The summed E-state index contributed by atoms with van der Waals surface area (Å²) in [6, 6.07) is 0. The molecule has 0 N–H and O–H groups in total. The van der Waals surface area contributed by atoms with Crippen molar-refractivity contribution in [2.45, 2.75) is 24.8 Å². The smallest absolute Gasteiger partial charge is 0.0665 e. The minimum atomic E-state index is 0.319. The van der Waals surface area contributed by atoms with Crippen LogP contribution in [0.4, 0.5) is 0 Å². The molecule has 0 aliphatic rings. The maximum Gasteiger partial charge on any atom is 0.0665 e. The molecule has 0 aromatic heterocycles. The van der Waals surface area contributed by atoms with E-state index in [0.29, 0.717) is 10.9 Å². The Labute approximate surface area is 53.2 Å². The normalized spacial score (nSPS) is 18.9. The highest BCUT2D eigenvalue weighted by Crippen LogP contribution is 2.05. The molecule has 0 fully saturated rings. The van der Waals surface area contributed by atoms with Crippen molar-refractivity contribution in [3.63, 3.8) is 0 Å². The first-order valence-corrected chi connectivity index (χ1v) is 3.27. The largest absolute Gasteiger partial charge is 0.381 e. The minimum Gasteiger partial charge on any atom is -0.381 e. The van der Waals surface area contributed by atoms with Crippen molar-refractivity contribution in [3.8, 4) is 0 Å². The lowest BCUT2D eigenvalue weighted by Crippen LogP contribution is -2.14. The van der Waals surface area contributed by atoms with Gasteiger partial charge >= 0.3 is 0 Å². The van der Waals surface area contributed by atoms with E-state index in [2.05, 4.69) is 22.9 Å². The summed E-state index contributed by atoms with van der Waals surface area (Å²) in [7, 11) is 1.71. The van der Waals surface area contributed by atoms with E-state index < -0.39 is 0 Å². The van der Waals surface area contributed by atoms with E-state index in [9.17, 15) is 0 Å². The van der Waals surface area contributed by atoms with Gasteiger partial charge in [0, 0.05) is 11.9 Å². The summed E-state index contributed by atoms with van der Waals surface area (Å²) in [4.78, 5) is 0.456.